The van der Waals surface area contributed by atoms with Gasteiger partial charge < -0.3 is 5.32 Å². The van der Waals surface area contributed by atoms with E-state index in [-0.39, 0.29) is 5.91 Å². The number of carbonyl (C=O) groups excluding carboxylic acids is 1. The van der Waals surface area contributed by atoms with E-state index in [4.69, 9.17) is 4.98 Å². The third kappa shape index (κ3) is 3.58. The lowest BCUT2D eigenvalue weighted by molar-refractivity contribution is 0.0941. The highest BCUT2D eigenvalue weighted by molar-refractivity contribution is 6.06. The van der Waals surface area contributed by atoms with Crippen LogP contribution in [0, 0.1) is 6.92 Å². The van der Waals surface area contributed by atoms with Crippen molar-refractivity contribution in [3.8, 4) is 5.82 Å². The number of rotatable bonds is 7. The smallest absolute Gasteiger partial charge is 0.252 e. The maximum atomic E-state index is 13.3. The first-order valence-corrected chi connectivity index (χ1v) is 10.8. The third-order valence-electron chi connectivity index (χ3n) is 6.32. The first-order chi connectivity index (χ1) is 14.5. The molecule has 7 nitrogen and oxygen atoms in total. The van der Waals surface area contributed by atoms with Gasteiger partial charge in [0.1, 0.15) is 0 Å². The number of aryl methyl sites for hydroxylation is 1. The zero-order valence-corrected chi connectivity index (χ0v) is 17.8. The number of pyridine rings is 2. The number of likely N-dealkylation sites (N-methyl/N-ethyl adjacent to an activating group) is 1. The summed E-state index contributed by atoms with van der Waals surface area (Å²) in [5, 5.41) is 8.65. The molecule has 3 aromatic heterocycles. The SMILES string of the molecule is Cc1nn(-c2ccccn2)c2nc(C3CC3)cc(C(=O)NCC(C)N(C)C3CC3)c12. The highest BCUT2D eigenvalue weighted by atomic mass is 16.1. The summed E-state index contributed by atoms with van der Waals surface area (Å²) in [6.45, 7) is 4.73. The molecule has 0 spiro atoms. The fraction of sp³-hybridized carbons (Fsp3) is 0.478. The van der Waals surface area contributed by atoms with E-state index in [2.05, 4.69) is 34.3 Å². The third-order valence-corrected chi connectivity index (χ3v) is 6.32. The second kappa shape index (κ2) is 7.47. The molecule has 2 fully saturated rings. The maximum absolute atomic E-state index is 13.3. The molecule has 30 heavy (non-hydrogen) atoms. The summed E-state index contributed by atoms with van der Waals surface area (Å²) >= 11 is 0. The van der Waals surface area contributed by atoms with Crippen LogP contribution in [0.1, 0.15) is 60.3 Å². The van der Waals surface area contributed by atoms with Crippen LogP contribution in [-0.4, -0.2) is 56.2 Å². The van der Waals surface area contributed by atoms with Gasteiger partial charge in [0.25, 0.3) is 5.91 Å². The summed E-state index contributed by atoms with van der Waals surface area (Å²) in [7, 11) is 2.14. The van der Waals surface area contributed by atoms with Crippen molar-refractivity contribution >= 4 is 16.9 Å². The van der Waals surface area contributed by atoms with Crippen molar-refractivity contribution in [2.75, 3.05) is 13.6 Å². The Morgan fingerprint density at radius 2 is 2.10 bits per heavy atom. The minimum Gasteiger partial charge on any atom is -0.350 e. The lowest BCUT2D eigenvalue weighted by Gasteiger charge is -2.24. The molecule has 5 rings (SSSR count). The van der Waals surface area contributed by atoms with Crippen molar-refractivity contribution in [3.05, 3.63) is 47.4 Å². The van der Waals surface area contributed by atoms with E-state index >= 15 is 0 Å². The molecule has 0 aromatic carbocycles. The topological polar surface area (TPSA) is 75.9 Å². The molecule has 2 aliphatic rings. The molecule has 156 valence electrons. The summed E-state index contributed by atoms with van der Waals surface area (Å²) in [4.78, 5) is 25.0. The number of amides is 1. The van der Waals surface area contributed by atoms with Crippen LogP contribution >= 0.6 is 0 Å². The fourth-order valence-electron chi connectivity index (χ4n) is 4.04. The Bertz CT molecular complexity index is 1080. The van der Waals surface area contributed by atoms with Crippen LogP contribution in [-0.2, 0) is 0 Å². The van der Waals surface area contributed by atoms with Gasteiger partial charge in [0.15, 0.2) is 11.5 Å². The molecule has 7 heteroatoms. The Morgan fingerprint density at radius 3 is 2.77 bits per heavy atom. The molecule has 2 aliphatic carbocycles. The Morgan fingerprint density at radius 1 is 1.30 bits per heavy atom. The van der Waals surface area contributed by atoms with Gasteiger partial charge in [-0.3, -0.25) is 9.69 Å². The summed E-state index contributed by atoms with van der Waals surface area (Å²) in [5.74, 6) is 1.10. The first kappa shape index (κ1) is 19.2. The minimum absolute atomic E-state index is 0.0518. The highest BCUT2D eigenvalue weighted by Gasteiger charge is 2.31. The van der Waals surface area contributed by atoms with Crippen molar-refractivity contribution < 1.29 is 4.79 Å². The standard InChI is InChI=1S/C23H28N6O/c1-14(28(3)17-9-10-17)13-25-23(30)18-12-19(16-7-8-16)26-22-21(18)15(2)27-29(22)20-6-4-5-11-24-20/h4-6,11-12,14,16-17H,7-10,13H2,1-3H3,(H,25,30). The van der Waals surface area contributed by atoms with Gasteiger partial charge in [-0.05, 0) is 64.8 Å². The van der Waals surface area contributed by atoms with Crippen LogP contribution in [0.2, 0.25) is 0 Å². The molecule has 1 atom stereocenters. The van der Waals surface area contributed by atoms with Gasteiger partial charge in [-0.2, -0.15) is 9.78 Å². The summed E-state index contributed by atoms with van der Waals surface area (Å²) in [6, 6.07) is 8.67. The van der Waals surface area contributed by atoms with E-state index in [1.54, 1.807) is 10.9 Å². The molecule has 1 N–H and O–H groups in total. The molecular weight excluding hydrogens is 376 g/mol. The number of carbonyl (C=O) groups is 1. The molecule has 3 heterocycles. The second-order valence-electron chi connectivity index (χ2n) is 8.71. The molecule has 1 unspecified atom stereocenters. The van der Waals surface area contributed by atoms with Gasteiger partial charge in [-0.1, -0.05) is 6.07 Å². The van der Waals surface area contributed by atoms with Gasteiger partial charge >= 0.3 is 0 Å². The average molecular weight is 405 g/mol. The molecule has 1 amide bonds. The Kier molecular flexibility index (Phi) is 4.77. The van der Waals surface area contributed by atoms with Crippen molar-refractivity contribution in [2.24, 2.45) is 0 Å². The number of nitrogens with one attached hydrogen (secondary N) is 1. The van der Waals surface area contributed by atoms with E-state index in [0.717, 1.165) is 29.6 Å². The highest BCUT2D eigenvalue weighted by Crippen LogP contribution is 2.40. The van der Waals surface area contributed by atoms with E-state index < -0.39 is 0 Å². The number of fused-ring (bicyclic) bond motifs is 1. The monoisotopic (exact) mass is 404 g/mol. The zero-order valence-electron chi connectivity index (χ0n) is 17.8. The van der Waals surface area contributed by atoms with Crippen molar-refractivity contribution in [1.29, 1.82) is 0 Å². The normalized spacial score (nSPS) is 17.5. The number of hydrogen-bond acceptors (Lipinski definition) is 5. The summed E-state index contributed by atoms with van der Waals surface area (Å²) in [5.41, 5.74) is 3.15. The van der Waals surface area contributed by atoms with Gasteiger partial charge in [0, 0.05) is 36.4 Å². The lowest BCUT2D eigenvalue weighted by Crippen LogP contribution is -2.41. The molecular formula is C23H28N6O. The van der Waals surface area contributed by atoms with Crippen LogP contribution < -0.4 is 5.32 Å². The number of aromatic nitrogens is 4. The maximum Gasteiger partial charge on any atom is 0.252 e. The van der Waals surface area contributed by atoms with Crippen molar-refractivity contribution in [3.63, 3.8) is 0 Å². The molecule has 2 saturated carbocycles. The Labute approximate surface area is 176 Å². The van der Waals surface area contributed by atoms with Crippen LogP contribution in [0.5, 0.6) is 0 Å². The lowest BCUT2D eigenvalue weighted by atomic mass is 10.1. The van der Waals surface area contributed by atoms with Gasteiger partial charge in [0.05, 0.1) is 16.6 Å². The van der Waals surface area contributed by atoms with Crippen molar-refractivity contribution in [2.45, 2.75) is 57.5 Å². The van der Waals surface area contributed by atoms with E-state index in [9.17, 15) is 4.79 Å². The molecule has 0 aliphatic heterocycles. The molecule has 3 aromatic rings. The van der Waals surface area contributed by atoms with Crippen LogP contribution in [0.25, 0.3) is 16.9 Å². The molecule has 0 saturated heterocycles. The van der Waals surface area contributed by atoms with Crippen LogP contribution in [0.3, 0.4) is 0 Å². The molecule has 0 bridgehead atoms. The van der Waals surface area contributed by atoms with E-state index in [0.29, 0.717) is 41.6 Å². The second-order valence-corrected chi connectivity index (χ2v) is 8.71. The summed E-state index contributed by atoms with van der Waals surface area (Å²) < 4.78 is 1.76. The largest absolute Gasteiger partial charge is 0.350 e. The number of nitrogens with zero attached hydrogens (tertiary/aromatic N) is 5. The average Bonchev–Trinajstić information content (AvgIpc) is 3.68. The Hall–Kier alpha value is -2.80. The quantitative estimate of drug-likeness (QED) is 0.654. The predicted molar refractivity (Wildman–Crippen MR) is 116 cm³/mol. The number of hydrogen-bond donors (Lipinski definition) is 1. The predicted octanol–water partition coefficient (Wildman–Crippen LogP) is 3.21. The van der Waals surface area contributed by atoms with Gasteiger partial charge in [-0.25, -0.2) is 9.97 Å². The minimum atomic E-state index is -0.0518. The summed E-state index contributed by atoms with van der Waals surface area (Å²) in [6.07, 6.45) is 6.51. The first-order valence-electron chi connectivity index (χ1n) is 10.8. The molecule has 0 radical (unpaired) electrons. The Balaban J connectivity index is 1.50. The fourth-order valence-corrected chi connectivity index (χ4v) is 4.04. The van der Waals surface area contributed by atoms with Crippen LogP contribution in [0.4, 0.5) is 0 Å². The van der Waals surface area contributed by atoms with Gasteiger partial charge in [0.2, 0.25) is 0 Å². The van der Waals surface area contributed by atoms with Crippen molar-refractivity contribution in [1.82, 2.24) is 30.0 Å². The van der Waals surface area contributed by atoms with Crippen LogP contribution in [0.15, 0.2) is 30.5 Å². The van der Waals surface area contributed by atoms with Gasteiger partial charge in [-0.15, -0.1) is 0 Å². The zero-order chi connectivity index (χ0) is 20.8. The van der Waals surface area contributed by atoms with E-state index in [1.807, 2.05) is 31.2 Å². The van der Waals surface area contributed by atoms with E-state index in [1.165, 1.54) is 12.8 Å².